The highest BCUT2D eigenvalue weighted by Gasteiger charge is 2.16. The van der Waals surface area contributed by atoms with E-state index >= 15 is 0 Å². The monoisotopic (exact) mass is 286 g/mol. The Morgan fingerprint density at radius 2 is 2.11 bits per heavy atom. The van der Waals surface area contributed by atoms with Gasteiger partial charge in [-0.2, -0.15) is 0 Å². The number of halogens is 1. The summed E-state index contributed by atoms with van der Waals surface area (Å²) in [5, 5.41) is 3.00. The summed E-state index contributed by atoms with van der Waals surface area (Å²) in [6.45, 7) is 6.18. The van der Waals surface area contributed by atoms with Gasteiger partial charge in [-0.15, -0.1) is 0 Å². The SMILES string of the molecule is CC(C)(C)OC(=O)Nc1ccc(OCCN)c(Cl)c1. The minimum absolute atomic E-state index is 0.387. The molecule has 3 N–H and O–H groups in total. The fourth-order valence-electron chi connectivity index (χ4n) is 1.29. The molecule has 0 heterocycles. The van der Waals surface area contributed by atoms with Crippen molar-refractivity contribution in [3.8, 4) is 5.75 Å². The Morgan fingerprint density at radius 1 is 1.42 bits per heavy atom. The lowest BCUT2D eigenvalue weighted by molar-refractivity contribution is 0.0636. The van der Waals surface area contributed by atoms with Crippen LogP contribution in [-0.4, -0.2) is 24.8 Å². The number of hydrogen-bond donors (Lipinski definition) is 2. The van der Waals surface area contributed by atoms with Crippen LogP contribution >= 0.6 is 11.6 Å². The van der Waals surface area contributed by atoms with Gasteiger partial charge in [-0.05, 0) is 39.0 Å². The number of nitrogens with two attached hydrogens (primary N) is 1. The van der Waals surface area contributed by atoms with Crippen LogP contribution in [-0.2, 0) is 4.74 Å². The zero-order valence-electron chi connectivity index (χ0n) is 11.3. The third-order valence-electron chi connectivity index (χ3n) is 1.95. The van der Waals surface area contributed by atoms with Crippen LogP contribution in [0.15, 0.2) is 18.2 Å². The van der Waals surface area contributed by atoms with E-state index in [1.165, 1.54) is 0 Å². The summed E-state index contributed by atoms with van der Waals surface area (Å²) in [7, 11) is 0. The van der Waals surface area contributed by atoms with Gasteiger partial charge < -0.3 is 15.2 Å². The molecular weight excluding hydrogens is 268 g/mol. The molecular formula is C13H19ClN2O3. The average molecular weight is 287 g/mol. The fraction of sp³-hybridized carbons (Fsp3) is 0.462. The molecule has 0 bridgehead atoms. The molecule has 0 saturated heterocycles. The second kappa shape index (κ2) is 6.63. The number of ether oxygens (including phenoxy) is 2. The summed E-state index contributed by atoms with van der Waals surface area (Å²) >= 11 is 6.02. The van der Waals surface area contributed by atoms with Crippen molar-refractivity contribution in [3.05, 3.63) is 23.2 Å². The maximum absolute atomic E-state index is 11.6. The molecule has 106 valence electrons. The van der Waals surface area contributed by atoms with Gasteiger partial charge in [0.2, 0.25) is 0 Å². The first-order valence-corrected chi connectivity index (χ1v) is 6.32. The van der Waals surface area contributed by atoms with Gasteiger partial charge in [0.25, 0.3) is 0 Å². The topological polar surface area (TPSA) is 73.6 Å². The van der Waals surface area contributed by atoms with Crippen molar-refractivity contribution in [2.45, 2.75) is 26.4 Å². The van der Waals surface area contributed by atoms with E-state index in [0.29, 0.717) is 29.6 Å². The predicted molar refractivity (Wildman–Crippen MR) is 75.9 cm³/mol. The molecule has 19 heavy (non-hydrogen) atoms. The van der Waals surface area contributed by atoms with Crippen molar-refractivity contribution in [3.63, 3.8) is 0 Å². The summed E-state index contributed by atoms with van der Waals surface area (Å²) in [6.07, 6.45) is -0.529. The smallest absolute Gasteiger partial charge is 0.412 e. The Bertz CT molecular complexity index is 444. The minimum atomic E-state index is -0.544. The molecule has 0 radical (unpaired) electrons. The molecule has 0 saturated carbocycles. The van der Waals surface area contributed by atoms with Crippen LogP contribution in [0.3, 0.4) is 0 Å². The molecule has 1 aromatic carbocycles. The van der Waals surface area contributed by atoms with Gasteiger partial charge in [0.1, 0.15) is 18.0 Å². The van der Waals surface area contributed by atoms with E-state index in [0.717, 1.165) is 0 Å². The van der Waals surface area contributed by atoms with Crippen molar-refractivity contribution < 1.29 is 14.3 Å². The summed E-state index contributed by atoms with van der Waals surface area (Å²) in [6, 6.07) is 4.95. The Hall–Kier alpha value is -1.46. The number of carbonyl (C=O) groups is 1. The van der Waals surface area contributed by atoms with E-state index in [1.807, 2.05) is 0 Å². The molecule has 0 atom stereocenters. The van der Waals surface area contributed by atoms with Crippen molar-refractivity contribution in [2.24, 2.45) is 5.73 Å². The van der Waals surface area contributed by atoms with E-state index in [2.05, 4.69) is 5.32 Å². The second-order valence-corrected chi connectivity index (χ2v) is 5.32. The Labute approximate surface area is 118 Å². The number of rotatable bonds is 4. The first-order chi connectivity index (χ1) is 8.81. The highest BCUT2D eigenvalue weighted by molar-refractivity contribution is 6.32. The third-order valence-corrected chi connectivity index (χ3v) is 2.25. The Balaban J connectivity index is 2.65. The van der Waals surface area contributed by atoms with Crippen molar-refractivity contribution in [1.82, 2.24) is 0 Å². The summed E-state index contributed by atoms with van der Waals surface area (Å²) in [5.41, 5.74) is 5.34. The quantitative estimate of drug-likeness (QED) is 0.892. The third kappa shape index (κ3) is 5.81. The fourth-order valence-corrected chi connectivity index (χ4v) is 1.52. The maximum atomic E-state index is 11.6. The van der Waals surface area contributed by atoms with Crippen LogP contribution in [0, 0.1) is 0 Å². The molecule has 1 amide bonds. The van der Waals surface area contributed by atoms with Crippen LogP contribution in [0.25, 0.3) is 0 Å². The number of benzene rings is 1. The van der Waals surface area contributed by atoms with E-state index < -0.39 is 11.7 Å². The van der Waals surface area contributed by atoms with Gasteiger partial charge in [0.15, 0.2) is 0 Å². The van der Waals surface area contributed by atoms with E-state index in [-0.39, 0.29) is 0 Å². The van der Waals surface area contributed by atoms with Gasteiger partial charge >= 0.3 is 6.09 Å². The zero-order valence-corrected chi connectivity index (χ0v) is 12.1. The molecule has 0 aromatic heterocycles. The number of hydrogen-bond acceptors (Lipinski definition) is 4. The van der Waals surface area contributed by atoms with Gasteiger partial charge in [-0.25, -0.2) is 4.79 Å². The molecule has 0 fully saturated rings. The lowest BCUT2D eigenvalue weighted by atomic mass is 10.2. The van der Waals surface area contributed by atoms with E-state index in [1.54, 1.807) is 39.0 Å². The number of carbonyl (C=O) groups excluding carboxylic acids is 1. The Kier molecular flexibility index (Phi) is 5.44. The van der Waals surface area contributed by atoms with Crippen LogP contribution < -0.4 is 15.8 Å². The highest BCUT2D eigenvalue weighted by Crippen LogP contribution is 2.27. The molecule has 1 rings (SSSR count). The normalized spacial score (nSPS) is 11.0. The first kappa shape index (κ1) is 15.6. The van der Waals surface area contributed by atoms with Gasteiger partial charge in [-0.3, -0.25) is 5.32 Å². The number of amides is 1. The molecule has 5 nitrogen and oxygen atoms in total. The average Bonchev–Trinajstić information content (AvgIpc) is 2.25. The standard InChI is InChI=1S/C13H19ClN2O3/c1-13(2,3)19-12(17)16-9-4-5-11(10(14)8-9)18-7-6-15/h4-5,8H,6-7,15H2,1-3H3,(H,16,17). The lowest BCUT2D eigenvalue weighted by Crippen LogP contribution is -2.27. The van der Waals surface area contributed by atoms with Crippen molar-refractivity contribution in [1.29, 1.82) is 0 Å². The zero-order chi connectivity index (χ0) is 14.5. The lowest BCUT2D eigenvalue weighted by Gasteiger charge is -2.19. The van der Waals surface area contributed by atoms with Gasteiger partial charge in [-0.1, -0.05) is 11.6 Å². The van der Waals surface area contributed by atoms with Gasteiger partial charge in [0, 0.05) is 12.2 Å². The first-order valence-electron chi connectivity index (χ1n) is 5.94. The Morgan fingerprint density at radius 3 is 2.63 bits per heavy atom. The molecule has 0 aliphatic heterocycles. The summed E-state index contributed by atoms with van der Waals surface area (Å²) in [4.78, 5) is 11.6. The molecule has 0 aliphatic rings. The van der Waals surface area contributed by atoms with Crippen LogP contribution in [0.1, 0.15) is 20.8 Å². The molecule has 0 aliphatic carbocycles. The maximum Gasteiger partial charge on any atom is 0.412 e. The number of anilines is 1. The molecule has 0 unspecified atom stereocenters. The summed E-state index contributed by atoms with van der Waals surface area (Å²) < 4.78 is 10.5. The van der Waals surface area contributed by atoms with Crippen LogP contribution in [0.4, 0.5) is 10.5 Å². The van der Waals surface area contributed by atoms with Crippen LogP contribution in [0.5, 0.6) is 5.75 Å². The van der Waals surface area contributed by atoms with Crippen molar-refractivity contribution >= 4 is 23.4 Å². The van der Waals surface area contributed by atoms with E-state index in [4.69, 9.17) is 26.8 Å². The van der Waals surface area contributed by atoms with E-state index in [9.17, 15) is 4.79 Å². The molecule has 0 spiro atoms. The highest BCUT2D eigenvalue weighted by atomic mass is 35.5. The second-order valence-electron chi connectivity index (χ2n) is 4.91. The van der Waals surface area contributed by atoms with Crippen LogP contribution in [0.2, 0.25) is 5.02 Å². The van der Waals surface area contributed by atoms with Gasteiger partial charge in [0.05, 0.1) is 5.02 Å². The van der Waals surface area contributed by atoms with Crippen molar-refractivity contribution in [2.75, 3.05) is 18.5 Å². The summed E-state index contributed by atoms with van der Waals surface area (Å²) in [5.74, 6) is 0.529. The largest absolute Gasteiger partial charge is 0.491 e. The predicted octanol–water partition coefficient (Wildman–Crippen LogP) is 3.02. The molecule has 6 heteroatoms. The number of nitrogens with one attached hydrogen (secondary N) is 1. The molecule has 1 aromatic rings. The minimum Gasteiger partial charge on any atom is -0.491 e.